The molecule has 1 fully saturated rings. The van der Waals surface area contributed by atoms with Crippen molar-refractivity contribution in [2.45, 2.75) is 32.0 Å². The number of carbonyl (C=O) groups is 2. The number of para-hydroxylation sites is 1. The first kappa shape index (κ1) is 17.3. The molecule has 1 aliphatic rings. The van der Waals surface area contributed by atoms with Gasteiger partial charge in [0.05, 0.1) is 0 Å². The minimum Gasteiger partial charge on any atom is -0.451 e. The second-order valence-electron chi connectivity index (χ2n) is 6.04. The Kier molecular flexibility index (Phi) is 4.45. The molecule has 0 bridgehead atoms. The van der Waals surface area contributed by atoms with E-state index in [1.54, 1.807) is 19.1 Å². The molecule has 25 heavy (non-hydrogen) atoms. The average Bonchev–Trinajstić information content (AvgIpc) is 3.17. The number of nitrogens with zero attached hydrogens (tertiary/aromatic N) is 1. The van der Waals surface area contributed by atoms with E-state index < -0.39 is 30.6 Å². The summed E-state index contributed by atoms with van der Waals surface area (Å²) in [6, 6.07) is 6.24. The maximum absolute atomic E-state index is 12.8. The van der Waals surface area contributed by atoms with Crippen molar-refractivity contribution in [2.75, 3.05) is 13.1 Å². The van der Waals surface area contributed by atoms with Crippen molar-refractivity contribution in [2.24, 2.45) is 0 Å². The molecule has 1 atom stereocenters. The van der Waals surface area contributed by atoms with Crippen molar-refractivity contribution in [3.63, 3.8) is 0 Å². The quantitative estimate of drug-likeness (QED) is 0.922. The Morgan fingerprint density at radius 2 is 2.04 bits per heavy atom. The zero-order valence-electron chi connectivity index (χ0n) is 13.5. The zero-order valence-corrected chi connectivity index (χ0v) is 13.5. The fourth-order valence-corrected chi connectivity index (χ4v) is 3.10. The summed E-state index contributed by atoms with van der Waals surface area (Å²) in [4.78, 5) is 26.1. The zero-order chi connectivity index (χ0) is 18.2. The molecule has 0 radical (unpaired) electrons. The number of amides is 2. The van der Waals surface area contributed by atoms with Crippen LogP contribution < -0.4 is 5.32 Å². The van der Waals surface area contributed by atoms with Crippen LogP contribution in [0.2, 0.25) is 0 Å². The van der Waals surface area contributed by atoms with Crippen LogP contribution in [0.25, 0.3) is 11.0 Å². The van der Waals surface area contributed by atoms with E-state index in [0.717, 1.165) is 5.39 Å². The molecule has 2 aromatic rings. The summed E-state index contributed by atoms with van der Waals surface area (Å²) in [6.45, 7) is 0.640. The summed E-state index contributed by atoms with van der Waals surface area (Å²) < 4.78 is 42.5. The minimum absolute atomic E-state index is 0.122. The number of benzene rings is 1. The number of hydrogen-bond acceptors (Lipinski definition) is 3. The molecule has 1 aromatic heterocycles. The van der Waals surface area contributed by atoms with E-state index >= 15 is 0 Å². The van der Waals surface area contributed by atoms with Gasteiger partial charge in [0.2, 0.25) is 5.91 Å². The Morgan fingerprint density at radius 1 is 1.32 bits per heavy atom. The summed E-state index contributed by atoms with van der Waals surface area (Å²) in [5, 5.41) is 2.65. The summed E-state index contributed by atoms with van der Waals surface area (Å²) >= 11 is 0. The van der Waals surface area contributed by atoms with E-state index in [9.17, 15) is 22.8 Å². The first-order valence-corrected chi connectivity index (χ1v) is 7.91. The first-order chi connectivity index (χ1) is 11.8. The number of halogens is 3. The van der Waals surface area contributed by atoms with E-state index in [4.69, 9.17) is 4.42 Å². The molecule has 1 aromatic carbocycles. The lowest BCUT2D eigenvalue weighted by molar-refractivity contribution is -0.140. The maximum Gasteiger partial charge on any atom is 0.405 e. The van der Waals surface area contributed by atoms with Gasteiger partial charge in [-0.1, -0.05) is 18.2 Å². The van der Waals surface area contributed by atoms with Crippen LogP contribution in [0, 0.1) is 6.92 Å². The average molecular weight is 354 g/mol. The molecule has 0 spiro atoms. The van der Waals surface area contributed by atoms with Gasteiger partial charge < -0.3 is 14.6 Å². The van der Waals surface area contributed by atoms with Crippen LogP contribution in [-0.4, -0.2) is 42.0 Å². The number of aryl methyl sites for hydroxylation is 1. The molecule has 134 valence electrons. The predicted octanol–water partition coefficient (Wildman–Crippen LogP) is 3.02. The van der Waals surface area contributed by atoms with Gasteiger partial charge in [0, 0.05) is 17.5 Å². The van der Waals surface area contributed by atoms with Gasteiger partial charge >= 0.3 is 6.18 Å². The van der Waals surface area contributed by atoms with Gasteiger partial charge in [0.1, 0.15) is 18.2 Å². The number of carbonyl (C=O) groups excluding carboxylic acids is 2. The molecule has 8 heteroatoms. The number of furan rings is 1. The minimum atomic E-state index is -4.49. The molecule has 0 aliphatic carbocycles. The van der Waals surface area contributed by atoms with Gasteiger partial charge in [-0.25, -0.2) is 0 Å². The van der Waals surface area contributed by atoms with Gasteiger partial charge in [-0.05, 0) is 25.8 Å². The highest BCUT2D eigenvalue weighted by atomic mass is 19.4. The second kappa shape index (κ2) is 6.42. The smallest absolute Gasteiger partial charge is 0.405 e. The van der Waals surface area contributed by atoms with E-state index in [1.165, 1.54) is 4.90 Å². The molecular weight excluding hydrogens is 337 g/mol. The number of fused-ring (bicyclic) bond motifs is 1. The Morgan fingerprint density at radius 3 is 2.72 bits per heavy atom. The number of hydrogen-bond donors (Lipinski definition) is 1. The van der Waals surface area contributed by atoms with Crippen LogP contribution in [0.4, 0.5) is 13.2 Å². The summed E-state index contributed by atoms with van der Waals surface area (Å²) in [5.41, 5.74) is 1.21. The summed E-state index contributed by atoms with van der Waals surface area (Å²) in [5.74, 6) is -1.15. The van der Waals surface area contributed by atoms with Crippen molar-refractivity contribution in [3.8, 4) is 0 Å². The molecule has 1 saturated heterocycles. The Hall–Kier alpha value is -2.51. The van der Waals surface area contributed by atoms with Crippen molar-refractivity contribution >= 4 is 22.8 Å². The van der Waals surface area contributed by atoms with Gasteiger partial charge in [-0.15, -0.1) is 0 Å². The number of nitrogens with one attached hydrogen (secondary N) is 1. The van der Waals surface area contributed by atoms with Gasteiger partial charge in [-0.2, -0.15) is 13.2 Å². The maximum atomic E-state index is 12.8. The fourth-order valence-electron chi connectivity index (χ4n) is 3.10. The van der Waals surface area contributed by atoms with E-state index in [-0.39, 0.29) is 5.76 Å². The van der Waals surface area contributed by atoms with Crippen LogP contribution >= 0.6 is 0 Å². The normalized spacial score (nSPS) is 17.9. The van der Waals surface area contributed by atoms with Gasteiger partial charge in [0.25, 0.3) is 5.91 Å². The van der Waals surface area contributed by atoms with Crippen LogP contribution in [0.5, 0.6) is 0 Å². The Labute approximate surface area is 141 Å². The van der Waals surface area contributed by atoms with Crippen molar-refractivity contribution < 1.29 is 27.2 Å². The van der Waals surface area contributed by atoms with Crippen molar-refractivity contribution in [3.05, 3.63) is 35.6 Å². The van der Waals surface area contributed by atoms with Crippen LogP contribution in [-0.2, 0) is 4.79 Å². The number of rotatable bonds is 3. The molecular formula is C17H17F3N2O3. The highest BCUT2D eigenvalue weighted by molar-refractivity contribution is 6.01. The molecule has 3 rings (SSSR count). The molecule has 2 amide bonds. The van der Waals surface area contributed by atoms with E-state index in [1.807, 2.05) is 17.4 Å². The fraction of sp³-hybridized carbons (Fsp3) is 0.412. The van der Waals surface area contributed by atoms with Gasteiger partial charge in [0.15, 0.2) is 5.76 Å². The lowest BCUT2D eigenvalue weighted by atomic mass is 10.1. The van der Waals surface area contributed by atoms with Crippen LogP contribution in [0.1, 0.15) is 29.0 Å². The largest absolute Gasteiger partial charge is 0.451 e. The molecule has 1 N–H and O–H groups in total. The number of likely N-dealkylation sites (tertiary alicyclic amines) is 1. The van der Waals surface area contributed by atoms with Crippen LogP contribution in [0.15, 0.2) is 28.7 Å². The highest BCUT2D eigenvalue weighted by Gasteiger charge is 2.38. The SMILES string of the molecule is Cc1c(C(=O)N2CCCC2C(=O)NCC(F)(F)F)oc2ccccc12. The predicted molar refractivity (Wildman–Crippen MR) is 84.1 cm³/mol. The van der Waals surface area contributed by atoms with Crippen molar-refractivity contribution in [1.82, 2.24) is 10.2 Å². The van der Waals surface area contributed by atoms with E-state index in [2.05, 4.69) is 0 Å². The lowest BCUT2D eigenvalue weighted by Gasteiger charge is -2.23. The number of alkyl halides is 3. The van der Waals surface area contributed by atoms with Crippen LogP contribution in [0.3, 0.4) is 0 Å². The third-order valence-corrected chi connectivity index (χ3v) is 4.32. The molecule has 0 saturated carbocycles. The summed E-state index contributed by atoms with van der Waals surface area (Å²) in [7, 11) is 0. The molecule has 5 nitrogen and oxygen atoms in total. The molecule has 1 unspecified atom stereocenters. The third kappa shape index (κ3) is 3.47. The molecule has 2 heterocycles. The topological polar surface area (TPSA) is 62.6 Å². The Balaban J connectivity index is 1.80. The lowest BCUT2D eigenvalue weighted by Crippen LogP contribution is -2.48. The van der Waals surface area contributed by atoms with Gasteiger partial charge in [-0.3, -0.25) is 9.59 Å². The monoisotopic (exact) mass is 354 g/mol. The standard InChI is InChI=1S/C17H17F3N2O3/c1-10-11-5-2-3-7-13(11)25-14(10)16(24)22-8-4-6-12(22)15(23)21-9-17(18,19)20/h2-3,5,7,12H,4,6,8-9H2,1H3,(H,21,23). The summed E-state index contributed by atoms with van der Waals surface area (Å²) in [6.07, 6.45) is -3.61. The van der Waals surface area contributed by atoms with E-state index in [0.29, 0.717) is 30.5 Å². The second-order valence-corrected chi connectivity index (χ2v) is 6.04. The Bertz CT molecular complexity index is 813. The molecule has 1 aliphatic heterocycles. The highest BCUT2D eigenvalue weighted by Crippen LogP contribution is 2.28. The van der Waals surface area contributed by atoms with Crippen molar-refractivity contribution in [1.29, 1.82) is 0 Å². The third-order valence-electron chi connectivity index (χ3n) is 4.32. The first-order valence-electron chi connectivity index (χ1n) is 7.91.